The first kappa shape index (κ1) is 16.0. The molecular weight excluding hydrogens is 286 g/mol. The van der Waals surface area contributed by atoms with E-state index in [-0.39, 0.29) is 11.4 Å². The number of anilines is 2. The number of hydrogen-bond donors (Lipinski definition) is 3. The highest BCUT2D eigenvalue weighted by Crippen LogP contribution is 2.27. The average Bonchev–Trinajstić information content (AvgIpc) is 2.91. The maximum absolute atomic E-state index is 12.2. The summed E-state index contributed by atoms with van der Waals surface area (Å²) in [4.78, 5) is 19.2. The molecule has 1 unspecified atom stereocenters. The van der Waals surface area contributed by atoms with Crippen molar-refractivity contribution >= 4 is 28.2 Å². The van der Waals surface area contributed by atoms with Gasteiger partial charge >= 0.3 is 0 Å². The van der Waals surface area contributed by atoms with Crippen LogP contribution >= 0.6 is 11.3 Å². The number of likely N-dealkylation sites (N-methyl/N-ethyl adjacent to an activating group) is 1. The molecule has 1 amide bonds. The lowest BCUT2D eigenvalue weighted by atomic mass is 10.1. The molecule has 0 radical (unpaired) electrons. The Morgan fingerprint density at radius 1 is 1.52 bits per heavy atom. The number of thiazole rings is 1. The fourth-order valence-electron chi connectivity index (χ4n) is 2.40. The molecule has 1 aliphatic heterocycles. The second-order valence-electron chi connectivity index (χ2n) is 6.60. The van der Waals surface area contributed by atoms with Crippen LogP contribution in [0, 0.1) is 0 Å². The molecule has 1 aromatic heterocycles. The summed E-state index contributed by atoms with van der Waals surface area (Å²) in [6.07, 6.45) is 2.32. The van der Waals surface area contributed by atoms with Gasteiger partial charge in [-0.1, -0.05) is 11.3 Å². The molecule has 1 saturated heterocycles. The number of carbonyl (C=O) groups is 1. The summed E-state index contributed by atoms with van der Waals surface area (Å²) >= 11 is 1.30. The van der Waals surface area contributed by atoms with E-state index in [2.05, 4.69) is 27.6 Å². The van der Waals surface area contributed by atoms with E-state index in [0.717, 1.165) is 13.0 Å². The first-order valence-corrected chi connectivity index (χ1v) is 8.11. The predicted octanol–water partition coefficient (Wildman–Crippen LogP) is 1.76. The van der Waals surface area contributed by atoms with Crippen molar-refractivity contribution in [2.24, 2.45) is 0 Å². The number of nitrogens with one attached hydrogen (secondary N) is 2. The summed E-state index contributed by atoms with van der Waals surface area (Å²) in [5, 5.41) is 6.89. The third-order valence-corrected chi connectivity index (χ3v) is 4.50. The van der Waals surface area contributed by atoms with Gasteiger partial charge in [-0.2, -0.15) is 0 Å². The minimum atomic E-state index is -0.132. The van der Waals surface area contributed by atoms with E-state index in [1.807, 2.05) is 20.8 Å². The molecule has 1 aromatic rings. The van der Waals surface area contributed by atoms with Gasteiger partial charge in [0.05, 0.1) is 0 Å². The zero-order valence-corrected chi connectivity index (χ0v) is 14.0. The molecular formula is C14H25N5OS. The number of aromatic nitrogens is 1. The monoisotopic (exact) mass is 311 g/mol. The summed E-state index contributed by atoms with van der Waals surface area (Å²) in [6.45, 7) is 7.89. The molecule has 7 heteroatoms. The molecule has 2 rings (SSSR count). The van der Waals surface area contributed by atoms with E-state index in [1.165, 1.54) is 17.8 Å². The molecule has 0 bridgehead atoms. The Morgan fingerprint density at radius 3 is 2.81 bits per heavy atom. The van der Waals surface area contributed by atoms with E-state index in [1.54, 1.807) is 0 Å². The van der Waals surface area contributed by atoms with E-state index in [9.17, 15) is 4.79 Å². The van der Waals surface area contributed by atoms with E-state index < -0.39 is 0 Å². The first-order valence-electron chi connectivity index (χ1n) is 7.29. The SMILES string of the molecule is CN1CCCC1CNC(=O)c1sc(NC(C)(C)C)nc1N. The lowest BCUT2D eigenvalue weighted by Crippen LogP contribution is -2.38. The fraction of sp³-hybridized carbons (Fsp3) is 0.714. The molecule has 1 atom stereocenters. The van der Waals surface area contributed by atoms with Gasteiger partial charge in [-0.15, -0.1) is 0 Å². The second kappa shape index (κ2) is 6.19. The number of nitrogens with two attached hydrogens (primary N) is 1. The summed E-state index contributed by atoms with van der Waals surface area (Å²) in [6, 6.07) is 0.426. The van der Waals surface area contributed by atoms with Crippen LogP contribution in [0.25, 0.3) is 0 Å². The molecule has 21 heavy (non-hydrogen) atoms. The number of carbonyl (C=O) groups excluding carboxylic acids is 1. The van der Waals surface area contributed by atoms with Crippen LogP contribution in [0.4, 0.5) is 10.9 Å². The molecule has 0 aliphatic carbocycles. The van der Waals surface area contributed by atoms with Gasteiger partial charge in [0, 0.05) is 18.1 Å². The van der Waals surface area contributed by atoms with Crippen LogP contribution in [0.3, 0.4) is 0 Å². The maximum atomic E-state index is 12.2. The Bertz CT molecular complexity index is 508. The molecule has 118 valence electrons. The van der Waals surface area contributed by atoms with Crippen molar-refractivity contribution in [3.05, 3.63) is 4.88 Å². The minimum Gasteiger partial charge on any atom is -0.382 e. The Labute approximate surface area is 130 Å². The largest absolute Gasteiger partial charge is 0.382 e. The number of nitrogen functional groups attached to an aromatic ring is 1. The number of likely N-dealkylation sites (tertiary alicyclic amines) is 1. The maximum Gasteiger partial charge on any atom is 0.265 e. The van der Waals surface area contributed by atoms with Crippen LogP contribution < -0.4 is 16.4 Å². The highest BCUT2D eigenvalue weighted by atomic mass is 32.1. The van der Waals surface area contributed by atoms with Crippen molar-refractivity contribution in [2.75, 3.05) is 31.2 Å². The average molecular weight is 311 g/mol. The van der Waals surface area contributed by atoms with Gasteiger partial charge in [0.2, 0.25) is 0 Å². The highest BCUT2D eigenvalue weighted by molar-refractivity contribution is 7.18. The van der Waals surface area contributed by atoms with Crippen LogP contribution in [-0.2, 0) is 0 Å². The van der Waals surface area contributed by atoms with Gasteiger partial charge in [0.15, 0.2) is 5.13 Å². The van der Waals surface area contributed by atoms with Gasteiger partial charge < -0.3 is 21.3 Å². The quantitative estimate of drug-likeness (QED) is 0.789. The zero-order chi connectivity index (χ0) is 15.6. The predicted molar refractivity (Wildman–Crippen MR) is 87.9 cm³/mol. The van der Waals surface area contributed by atoms with E-state index in [4.69, 9.17) is 5.73 Å². The van der Waals surface area contributed by atoms with Crippen LogP contribution in [-0.4, -0.2) is 47.5 Å². The van der Waals surface area contributed by atoms with E-state index in [0.29, 0.717) is 28.4 Å². The van der Waals surface area contributed by atoms with Crippen molar-refractivity contribution in [3.8, 4) is 0 Å². The third kappa shape index (κ3) is 4.31. The van der Waals surface area contributed by atoms with Crippen LogP contribution in [0.2, 0.25) is 0 Å². The lowest BCUT2D eigenvalue weighted by Gasteiger charge is -2.19. The van der Waals surface area contributed by atoms with Crippen molar-refractivity contribution in [1.29, 1.82) is 0 Å². The zero-order valence-electron chi connectivity index (χ0n) is 13.2. The number of hydrogen-bond acceptors (Lipinski definition) is 6. The molecule has 4 N–H and O–H groups in total. The van der Waals surface area contributed by atoms with Gasteiger partial charge in [-0.3, -0.25) is 4.79 Å². The van der Waals surface area contributed by atoms with E-state index >= 15 is 0 Å². The summed E-state index contributed by atoms with van der Waals surface area (Å²) in [5.41, 5.74) is 5.75. The molecule has 1 fully saturated rings. The van der Waals surface area contributed by atoms with Gasteiger partial charge in [-0.25, -0.2) is 4.98 Å². The molecule has 0 aromatic carbocycles. The summed E-state index contributed by atoms with van der Waals surface area (Å²) in [7, 11) is 2.09. The third-order valence-electron chi connectivity index (χ3n) is 3.51. The highest BCUT2D eigenvalue weighted by Gasteiger charge is 2.23. The first-order chi connectivity index (χ1) is 9.76. The van der Waals surface area contributed by atoms with Crippen molar-refractivity contribution in [3.63, 3.8) is 0 Å². The number of nitrogens with zero attached hydrogens (tertiary/aromatic N) is 2. The number of rotatable bonds is 4. The van der Waals surface area contributed by atoms with Crippen molar-refractivity contribution in [1.82, 2.24) is 15.2 Å². The Hall–Kier alpha value is -1.34. The number of amides is 1. The van der Waals surface area contributed by atoms with Gasteiger partial charge in [0.1, 0.15) is 10.7 Å². The minimum absolute atomic E-state index is 0.107. The molecule has 0 spiro atoms. The van der Waals surface area contributed by atoms with Gasteiger partial charge in [0.25, 0.3) is 5.91 Å². The molecule has 1 aliphatic rings. The molecule has 2 heterocycles. The summed E-state index contributed by atoms with van der Waals surface area (Å²) in [5.74, 6) is 0.163. The topological polar surface area (TPSA) is 83.3 Å². The summed E-state index contributed by atoms with van der Waals surface area (Å²) < 4.78 is 0. The van der Waals surface area contributed by atoms with Crippen molar-refractivity contribution in [2.45, 2.75) is 45.2 Å². The van der Waals surface area contributed by atoms with Crippen LogP contribution in [0.1, 0.15) is 43.3 Å². The van der Waals surface area contributed by atoms with Crippen LogP contribution in [0.15, 0.2) is 0 Å². The fourth-order valence-corrected chi connectivity index (χ4v) is 3.41. The van der Waals surface area contributed by atoms with Gasteiger partial charge in [-0.05, 0) is 47.2 Å². The Morgan fingerprint density at radius 2 is 2.24 bits per heavy atom. The smallest absolute Gasteiger partial charge is 0.265 e. The Balaban J connectivity index is 1.96. The Kier molecular flexibility index (Phi) is 4.73. The second-order valence-corrected chi connectivity index (χ2v) is 7.59. The molecule has 0 saturated carbocycles. The molecule has 6 nitrogen and oxygen atoms in total. The van der Waals surface area contributed by atoms with Crippen molar-refractivity contribution < 1.29 is 4.79 Å². The lowest BCUT2D eigenvalue weighted by molar-refractivity contribution is 0.0948. The normalized spacial score (nSPS) is 19.7. The standard InChI is InChI=1S/C14H25N5OS/c1-14(2,3)18-13-17-11(15)10(21-13)12(20)16-8-9-6-5-7-19(9)4/h9H,5-8,15H2,1-4H3,(H,16,20)(H,17,18). The van der Waals surface area contributed by atoms with Crippen LogP contribution in [0.5, 0.6) is 0 Å².